The van der Waals surface area contributed by atoms with Gasteiger partial charge in [0, 0.05) is 25.7 Å². The predicted octanol–water partition coefficient (Wildman–Crippen LogP) is 0.909. The lowest BCUT2D eigenvalue weighted by Gasteiger charge is -2.36. The smallest absolute Gasteiger partial charge is 0.320 e. The number of hydrogen-bond donors (Lipinski definition) is 1. The highest BCUT2D eigenvalue weighted by molar-refractivity contribution is 5.76. The van der Waals surface area contributed by atoms with E-state index in [9.17, 15) is 9.59 Å². The number of carboxylic acids is 1. The van der Waals surface area contributed by atoms with E-state index >= 15 is 0 Å². The zero-order chi connectivity index (χ0) is 13.4. The van der Waals surface area contributed by atoms with Gasteiger partial charge in [0.2, 0.25) is 0 Å². The molecule has 3 fully saturated rings. The van der Waals surface area contributed by atoms with E-state index in [1.807, 2.05) is 4.90 Å². The number of morpholine rings is 1. The highest BCUT2D eigenvalue weighted by Crippen LogP contribution is 2.31. The number of hydrogen-bond acceptors (Lipinski definition) is 3. The number of rotatable bonds is 4. The van der Waals surface area contributed by atoms with E-state index in [1.54, 1.807) is 4.90 Å². The van der Waals surface area contributed by atoms with Crippen molar-refractivity contribution in [1.29, 1.82) is 0 Å². The Morgan fingerprint density at radius 1 is 1.16 bits per heavy atom. The van der Waals surface area contributed by atoms with Gasteiger partial charge in [-0.3, -0.25) is 4.79 Å². The Hall–Kier alpha value is -1.30. The minimum absolute atomic E-state index is 0.00366. The second-order valence-corrected chi connectivity index (χ2v) is 5.71. The van der Waals surface area contributed by atoms with Gasteiger partial charge in [-0.2, -0.15) is 0 Å². The van der Waals surface area contributed by atoms with Gasteiger partial charge in [-0.1, -0.05) is 0 Å². The van der Waals surface area contributed by atoms with E-state index in [0.717, 1.165) is 25.7 Å². The number of likely N-dealkylation sites (tertiary alicyclic amines) is 1. The summed E-state index contributed by atoms with van der Waals surface area (Å²) in [7, 11) is 0. The number of nitrogens with zero attached hydrogens (tertiary/aromatic N) is 2. The fourth-order valence-corrected chi connectivity index (χ4v) is 2.99. The number of ether oxygens (including phenoxy) is 1. The lowest BCUT2D eigenvalue weighted by Crippen LogP contribution is -2.52. The molecule has 2 aliphatic heterocycles. The maximum absolute atomic E-state index is 12.5. The van der Waals surface area contributed by atoms with Crippen LogP contribution in [0.1, 0.15) is 32.1 Å². The fraction of sp³-hybridized carbons (Fsp3) is 0.846. The van der Waals surface area contributed by atoms with Crippen molar-refractivity contribution in [3.63, 3.8) is 0 Å². The Morgan fingerprint density at radius 3 is 2.32 bits per heavy atom. The van der Waals surface area contributed by atoms with Gasteiger partial charge < -0.3 is 19.6 Å². The summed E-state index contributed by atoms with van der Waals surface area (Å²) < 4.78 is 5.73. The molecule has 6 heteroatoms. The van der Waals surface area contributed by atoms with E-state index in [2.05, 4.69) is 0 Å². The Morgan fingerprint density at radius 2 is 1.79 bits per heavy atom. The first-order chi connectivity index (χ1) is 9.13. The minimum Gasteiger partial charge on any atom is -0.481 e. The van der Waals surface area contributed by atoms with Gasteiger partial charge >= 0.3 is 12.0 Å². The quantitative estimate of drug-likeness (QED) is 0.822. The van der Waals surface area contributed by atoms with Gasteiger partial charge in [0.1, 0.15) is 0 Å². The summed E-state index contributed by atoms with van der Waals surface area (Å²) in [4.78, 5) is 26.8. The third kappa shape index (κ3) is 2.83. The van der Waals surface area contributed by atoms with Crippen molar-refractivity contribution in [3.8, 4) is 0 Å². The number of carbonyl (C=O) groups excluding carboxylic acids is 1. The van der Waals surface area contributed by atoms with E-state index in [4.69, 9.17) is 9.84 Å². The molecule has 2 bridgehead atoms. The molecule has 0 aromatic carbocycles. The van der Waals surface area contributed by atoms with Crippen LogP contribution < -0.4 is 0 Å². The summed E-state index contributed by atoms with van der Waals surface area (Å²) >= 11 is 0. The highest BCUT2D eigenvalue weighted by atomic mass is 16.5. The molecule has 2 unspecified atom stereocenters. The topological polar surface area (TPSA) is 70.1 Å². The van der Waals surface area contributed by atoms with Crippen molar-refractivity contribution in [1.82, 2.24) is 9.80 Å². The molecule has 1 aliphatic carbocycles. The first-order valence-corrected chi connectivity index (χ1v) is 7.06. The molecule has 2 atom stereocenters. The molecule has 0 spiro atoms. The molecule has 0 radical (unpaired) electrons. The van der Waals surface area contributed by atoms with E-state index in [0.29, 0.717) is 19.6 Å². The minimum atomic E-state index is -0.847. The Bertz CT molecular complexity index is 371. The average Bonchev–Trinajstić information content (AvgIpc) is 3.15. The molecule has 0 aromatic rings. The van der Waals surface area contributed by atoms with Crippen LogP contribution in [-0.4, -0.2) is 64.8 Å². The zero-order valence-electron chi connectivity index (χ0n) is 11.0. The first kappa shape index (κ1) is 12.7. The Balaban J connectivity index is 1.61. The highest BCUT2D eigenvalue weighted by Gasteiger charge is 2.40. The van der Waals surface area contributed by atoms with Crippen LogP contribution in [0.4, 0.5) is 4.79 Å². The molecule has 2 saturated heterocycles. The van der Waals surface area contributed by atoms with Crippen LogP contribution >= 0.6 is 0 Å². The fourth-order valence-electron chi connectivity index (χ4n) is 2.99. The summed E-state index contributed by atoms with van der Waals surface area (Å²) in [5, 5.41) is 8.78. The molecule has 1 N–H and O–H groups in total. The molecule has 2 amide bonds. The molecule has 3 aliphatic rings. The molecular weight excluding hydrogens is 248 g/mol. The molecule has 0 aromatic heterocycles. The van der Waals surface area contributed by atoms with Crippen LogP contribution in [0.25, 0.3) is 0 Å². The van der Waals surface area contributed by atoms with Crippen LogP contribution in [0.5, 0.6) is 0 Å². The molecular formula is C13H20N2O4. The van der Waals surface area contributed by atoms with Crippen LogP contribution in [0.15, 0.2) is 0 Å². The van der Waals surface area contributed by atoms with Gasteiger partial charge in [-0.15, -0.1) is 0 Å². The lowest BCUT2D eigenvalue weighted by atomic mass is 10.2. The largest absolute Gasteiger partial charge is 0.481 e. The van der Waals surface area contributed by atoms with Gasteiger partial charge in [0.25, 0.3) is 0 Å². The number of urea groups is 1. The van der Waals surface area contributed by atoms with Crippen LogP contribution in [0, 0.1) is 0 Å². The van der Waals surface area contributed by atoms with Crippen LogP contribution in [0.2, 0.25) is 0 Å². The first-order valence-electron chi connectivity index (χ1n) is 7.06. The van der Waals surface area contributed by atoms with Crippen LogP contribution in [0.3, 0.4) is 0 Å². The monoisotopic (exact) mass is 268 g/mol. The van der Waals surface area contributed by atoms with Crippen molar-refractivity contribution in [3.05, 3.63) is 0 Å². The van der Waals surface area contributed by atoms with Crippen molar-refractivity contribution < 1.29 is 19.4 Å². The molecule has 3 rings (SSSR count). The molecule has 1 saturated carbocycles. The second-order valence-electron chi connectivity index (χ2n) is 5.71. The van der Waals surface area contributed by atoms with E-state index in [1.165, 1.54) is 0 Å². The summed E-state index contributed by atoms with van der Waals surface area (Å²) in [6.07, 6.45) is 4.47. The van der Waals surface area contributed by atoms with Gasteiger partial charge in [0.15, 0.2) is 0 Å². The van der Waals surface area contributed by atoms with E-state index in [-0.39, 0.29) is 30.7 Å². The maximum Gasteiger partial charge on any atom is 0.320 e. The summed E-state index contributed by atoms with van der Waals surface area (Å²) in [5.74, 6) is -0.847. The van der Waals surface area contributed by atoms with Crippen molar-refractivity contribution in [2.75, 3.05) is 19.6 Å². The normalized spacial score (nSPS) is 29.4. The molecule has 6 nitrogen and oxygen atoms in total. The molecule has 19 heavy (non-hydrogen) atoms. The van der Waals surface area contributed by atoms with Gasteiger partial charge in [-0.05, 0) is 25.7 Å². The second kappa shape index (κ2) is 5.00. The molecule has 106 valence electrons. The SMILES string of the molecule is O=C(O)CCN(C(=O)N1CC2CCC(C1)O2)C1CC1. The number of amides is 2. The van der Waals surface area contributed by atoms with Gasteiger partial charge in [0.05, 0.1) is 18.6 Å². The predicted molar refractivity (Wildman–Crippen MR) is 66.8 cm³/mol. The number of carboxylic acid groups (broad SMARTS) is 1. The van der Waals surface area contributed by atoms with Crippen LogP contribution in [-0.2, 0) is 9.53 Å². The number of aliphatic carboxylic acids is 1. The standard InChI is InChI=1S/C13H20N2O4/c16-12(17)5-6-15(9-1-2-9)13(18)14-7-10-3-4-11(8-14)19-10/h9-11H,1-8H2,(H,16,17). The molecule has 2 heterocycles. The van der Waals surface area contributed by atoms with Crippen molar-refractivity contribution >= 4 is 12.0 Å². The Kier molecular flexibility index (Phi) is 3.35. The summed E-state index contributed by atoms with van der Waals surface area (Å²) in [6, 6.07) is 0.260. The zero-order valence-corrected chi connectivity index (χ0v) is 11.0. The average molecular weight is 268 g/mol. The van der Waals surface area contributed by atoms with Crippen molar-refractivity contribution in [2.24, 2.45) is 0 Å². The summed E-state index contributed by atoms with van der Waals surface area (Å²) in [6.45, 7) is 1.64. The number of fused-ring (bicyclic) bond motifs is 2. The lowest BCUT2D eigenvalue weighted by molar-refractivity contribution is -0.137. The van der Waals surface area contributed by atoms with E-state index < -0.39 is 5.97 Å². The third-order valence-electron chi connectivity index (χ3n) is 4.11. The number of carbonyl (C=O) groups is 2. The summed E-state index contributed by atoms with van der Waals surface area (Å²) in [5.41, 5.74) is 0. The third-order valence-corrected chi connectivity index (χ3v) is 4.11. The Labute approximate surface area is 112 Å². The maximum atomic E-state index is 12.5. The van der Waals surface area contributed by atoms with Crippen molar-refractivity contribution in [2.45, 2.75) is 50.4 Å². The van der Waals surface area contributed by atoms with Gasteiger partial charge in [-0.25, -0.2) is 4.79 Å².